The number of amides is 1. The van der Waals surface area contributed by atoms with Gasteiger partial charge in [-0.05, 0) is 49.9 Å². The van der Waals surface area contributed by atoms with Crippen LogP contribution in [-0.2, 0) is 19.1 Å². The summed E-state index contributed by atoms with van der Waals surface area (Å²) in [5.74, 6) is -0.774. The lowest BCUT2D eigenvalue weighted by Crippen LogP contribution is -2.39. The molecule has 1 N–H and O–H groups in total. The van der Waals surface area contributed by atoms with Crippen molar-refractivity contribution in [2.45, 2.75) is 45.4 Å². The Morgan fingerprint density at radius 2 is 1.70 bits per heavy atom. The van der Waals surface area contributed by atoms with Gasteiger partial charge in [0.25, 0.3) is 0 Å². The van der Waals surface area contributed by atoms with Crippen LogP contribution in [0, 0.1) is 17.8 Å². The number of fused-ring (bicyclic) bond motifs is 2. The Labute approximate surface area is 158 Å². The number of carbonyl (C=O) groups is 4. The minimum atomic E-state index is -0.375. The van der Waals surface area contributed by atoms with Crippen molar-refractivity contribution < 1.29 is 23.9 Å². The van der Waals surface area contributed by atoms with Gasteiger partial charge in [0.1, 0.15) is 5.78 Å². The summed E-state index contributed by atoms with van der Waals surface area (Å²) in [4.78, 5) is 48.1. The Hall–Kier alpha value is -2.50. The molecule has 2 aliphatic rings. The number of benzene rings is 1. The summed E-state index contributed by atoms with van der Waals surface area (Å²) in [6.45, 7) is 1.45. The van der Waals surface area contributed by atoms with Gasteiger partial charge in [0.15, 0.2) is 12.4 Å². The van der Waals surface area contributed by atoms with Crippen LogP contribution >= 0.6 is 0 Å². The molecule has 6 heteroatoms. The molecular formula is C21H25NO5. The van der Waals surface area contributed by atoms with Gasteiger partial charge in [0.05, 0.1) is 5.92 Å². The molecule has 2 bridgehead atoms. The number of nitrogens with one attached hydrogen (secondary N) is 1. The fourth-order valence-electron chi connectivity index (χ4n) is 4.00. The van der Waals surface area contributed by atoms with Crippen LogP contribution in [0.25, 0.3) is 0 Å². The number of hydrogen-bond donors (Lipinski definition) is 1. The van der Waals surface area contributed by atoms with E-state index in [4.69, 9.17) is 4.74 Å². The fourth-order valence-corrected chi connectivity index (χ4v) is 4.00. The molecule has 2 saturated carbocycles. The Morgan fingerprint density at radius 3 is 2.30 bits per heavy atom. The largest absolute Gasteiger partial charge is 0.457 e. The number of ether oxygens (including phenoxy) is 1. The van der Waals surface area contributed by atoms with Crippen LogP contribution in [0.2, 0.25) is 0 Å². The van der Waals surface area contributed by atoms with Crippen molar-refractivity contribution in [3.05, 3.63) is 29.8 Å². The van der Waals surface area contributed by atoms with E-state index >= 15 is 0 Å². The SMILES string of the molecule is CCC(=O)Nc1ccc(C(=O)COC(=O)C2C[C@H]3CCC[C@@H](C2)C3=O)cc1. The zero-order valence-electron chi connectivity index (χ0n) is 15.5. The van der Waals surface area contributed by atoms with Crippen molar-refractivity contribution in [2.24, 2.45) is 17.8 Å². The molecule has 0 radical (unpaired) electrons. The first-order valence-corrected chi connectivity index (χ1v) is 9.61. The number of Topliss-reactive ketones (excluding diaryl/α,β-unsaturated/α-hetero) is 2. The van der Waals surface area contributed by atoms with Crippen molar-refractivity contribution in [1.82, 2.24) is 0 Å². The Kier molecular flexibility index (Phi) is 6.04. The number of hydrogen-bond acceptors (Lipinski definition) is 5. The molecule has 144 valence electrons. The van der Waals surface area contributed by atoms with E-state index in [1.807, 2.05) is 0 Å². The van der Waals surface area contributed by atoms with Crippen molar-refractivity contribution in [3.63, 3.8) is 0 Å². The normalized spacial score (nSPS) is 24.2. The predicted molar refractivity (Wildman–Crippen MR) is 99.2 cm³/mol. The fraction of sp³-hybridized carbons (Fsp3) is 0.524. The molecule has 1 amide bonds. The van der Waals surface area contributed by atoms with E-state index in [0.717, 1.165) is 19.3 Å². The van der Waals surface area contributed by atoms with Gasteiger partial charge in [-0.15, -0.1) is 0 Å². The molecule has 1 unspecified atom stereocenters. The summed E-state index contributed by atoms with van der Waals surface area (Å²) in [6, 6.07) is 6.50. The lowest BCUT2D eigenvalue weighted by molar-refractivity contribution is -0.152. The average molecular weight is 371 g/mol. The van der Waals surface area contributed by atoms with Crippen molar-refractivity contribution >= 4 is 29.1 Å². The summed E-state index contributed by atoms with van der Waals surface area (Å²) in [6.07, 6.45) is 4.25. The van der Waals surface area contributed by atoms with Gasteiger partial charge in [-0.2, -0.15) is 0 Å². The van der Waals surface area contributed by atoms with Gasteiger partial charge in [-0.25, -0.2) is 0 Å². The molecule has 0 aromatic heterocycles. The molecule has 0 aliphatic heterocycles. The first kappa shape index (κ1) is 19.3. The minimum absolute atomic E-state index is 0.0170. The molecule has 1 aromatic carbocycles. The maximum Gasteiger partial charge on any atom is 0.309 e. The molecule has 3 atom stereocenters. The van der Waals surface area contributed by atoms with E-state index in [1.54, 1.807) is 31.2 Å². The van der Waals surface area contributed by atoms with E-state index in [-0.39, 0.29) is 42.0 Å². The Morgan fingerprint density at radius 1 is 1.07 bits per heavy atom. The lowest BCUT2D eigenvalue weighted by atomic mass is 9.67. The average Bonchev–Trinajstić information content (AvgIpc) is 2.66. The van der Waals surface area contributed by atoms with E-state index < -0.39 is 0 Å². The van der Waals surface area contributed by atoms with Crippen LogP contribution < -0.4 is 5.32 Å². The molecule has 0 saturated heterocycles. The van der Waals surface area contributed by atoms with Gasteiger partial charge in [-0.3, -0.25) is 19.2 Å². The maximum atomic E-state index is 12.3. The first-order chi connectivity index (χ1) is 13.0. The highest BCUT2D eigenvalue weighted by Crippen LogP contribution is 2.40. The monoisotopic (exact) mass is 371 g/mol. The van der Waals surface area contributed by atoms with Crippen LogP contribution in [0.4, 0.5) is 5.69 Å². The number of rotatable bonds is 6. The third-order valence-electron chi connectivity index (χ3n) is 5.54. The van der Waals surface area contributed by atoms with Gasteiger partial charge in [0.2, 0.25) is 5.91 Å². The second-order valence-corrected chi connectivity index (χ2v) is 7.41. The van der Waals surface area contributed by atoms with Crippen LogP contribution in [0.1, 0.15) is 55.8 Å². The molecule has 3 rings (SSSR count). The molecular weight excluding hydrogens is 346 g/mol. The maximum absolute atomic E-state index is 12.3. The van der Waals surface area contributed by atoms with Crippen LogP contribution in [-0.4, -0.2) is 30.0 Å². The highest BCUT2D eigenvalue weighted by Gasteiger charge is 2.41. The number of esters is 1. The first-order valence-electron chi connectivity index (χ1n) is 9.61. The Balaban J connectivity index is 1.50. The zero-order valence-corrected chi connectivity index (χ0v) is 15.5. The van der Waals surface area contributed by atoms with Gasteiger partial charge >= 0.3 is 5.97 Å². The second-order valence-electron chi connectivity index (χ2n) is 7.41. The molecule has 0 spiro atoms. The van der Waals surface area contributed by atoms with E-state index in [0.29, 0.717) is 36.3 Å². The van der Waals surface area contributed by atoms with E-state index in [2.05, 4.69) is 5.32 Å². The summed E-state index contributed by atoms with van der Waals surface area (Å²) in [5.41, 5.74) is 1.04. The van der Waals surface area contributed by atoms with Gasteiger partial charge < -0.3 is 10.1 Å². The molecule has 6 nitrogen and oxygen atoms in total. The lowest BCUT2D eigenvalue weighted by Gasteiger charge is -2.36. The van der Waals surface area contributed by atoms with Crippen molar-refractivity contribution in [1.29, 1.82) is 0 Å². The van der Waals surface area contributed by atoms with Gasteiger partial charge in [0, 0.05) is 29.5 Å². The predicted octanol–water partition coefficient (Wildman–Crippen LogP) is 3.16. The summed E-state index contributed by atoms with van der Waals surface area (Å²) in [5, 5.41) is 2.71. The Bertz CT molecular complexity index is 723. The van der Waals surface area contributed by atoms with E-state index in [1.165, 1.54) is 0 Å². The zero-order chi connectivity index (χ0) is 19.4. The molecule has 27 heavy (non-hydrogen) atoms. The van der Waals surface area contributed by atoms with Gasteiger partial charge in [-0.1, -0.05) is 13.3 Å². The number of carbonyl (C=O) groups excluding carboxylic acids is 4. The standard InChI is InChI=1S/C21H25NO5/c1-2-19(24)22-17-8-6-13(7-9-17)18(23)12-27-21(26)16-10-14-4-3-5-15(11-16)20(14)25/h6-9,14-16H,2-5,10-12H2,1H3,(H,22,24)/t14-,15+,16?. The molecule has 2 aliphatic carbocycles. The molecule has 1 aromatic rings. The van der Waals surface area contributed by atoms with E-state index in [9.17, 15) is 19.2 Å². The number of ketones is 2. The summed E-state index contributed by atoms with van der Waals surface area (Å²) in [7, 11) is 0. The number of anilines is 1. The summed E-state index contributed by atoms with van der Waals surface area (Å²) < 4.78 is 5.24. The van der Waals surface area contributed by atoms with Crippen LogP contribution in [0.3, 0.4) is 0 Å². The summed E-state index contributed by atoms with van der Waals surface area (Å²) >= 11 is 0. The molecule has 2 fully saturated rings. The molecule has 0 heterocycles. The van der Waals surface area contributed by atoms with Crippen LogP contribution in [0.5, 0.6) is 0 Å². The van der Waals surface area contributed by atoms with Crippen molar-refractivity contribution in [3.8, 4) is 0 Å². The quantitative estimate of drug-likeness (QED) is 0.613. The third kappa shape index (κ3) is 4.62. The van der Waals surface area contributed by atoms with Crippen LogP contribution in [0.15, 0.2) is 24.3 Å². The van der Waals surface area contributed by atoms with Crippen molar-refractivity contribution in [2.75, 3.05) is 11.9 Å². The highest BCUT2D eigenvalue weighted by molar-refractivity contribution is 5.99. The highest BCUT2D eigenvalue weighted by atomic mass is 16.5. The third-order valence-corrected chi connectivity index (χ3v) is 5.54. The smallest absolute Gasteiger partial charge is 0.309 e. The second kappa shape index (κ2) is 8.46. The topological polar surface area (TPSA) is 89.5 Å². The minimum Gasteiger partial charge on any atom is -0.457 e.